The van der Waals surface area contributed by atoms with Crippen molar-refractivity contribution in [2.75, 3.05) is 50.7 Å². The van der Waals surface area contributed by atoms with E-state index in [0.717, 1.165) is 50.9 Å². The number of nitrogens with zero attached hydrogens (tertiary/aromatic N) is 5. The number of anilines is 2. The fourth-order valence-electron chi connectivity index (χ4n) is 6.79. The van der Waals surface area contributed by atoms with Crippen LogP contribution in [-0.2, 0) is 11.2 Å². The molecular weight excluding hydrogens is 558 g/mol. The smallest absolute Gasteiger partial charge is 0.302 e. The van der Waals surface area contributed by atoms with E-state index in [4.69, 9.17) is 23.1 Å². The normalized spacial score (nSPS) is 24.2. The van der Waals surface area contributed by atoms with Crippen LogP contribution in [0.15, 0.2) is 29.3 Å². The largest absolute Gasteiger partial charge is 0.382 e. The van der Waals surface area contributed by atoms with Crippen molar-refractivity contribution in [2.24, 2.45) is 16.8 Å². The van der Waals surface area contributed by atoms with E-state index < -0.39 is 5.91 Å². The van der Waals surface area contributed by atoms with E-state index in [1.54, 1.807) is 0 Å². The molecular formula is C29H36ClN9O3. The Balaban J connectivity index is 0.950. The zero-order chi connectivity index (χ0) is 29.4. The summed E-state index contributed by atoms with van der Waals surface area (Å²) in [7, 11) is 0. The van der Waals surface area contributed by atoms with Crippen LogP contribution in [-0.4, -0.2) is 88.1 Å². The fourth-order valence-corrected chi connectivity index (χ4v) is 6.92. The van der Waals surface area contributed by atoms with Crippen molar-refractivity contribution in [3.05, 3.63) is 46.2 Å². The maximum absolute atomic E-state index is 13.0. The number of nitrogens with two attached hydrogens (primary N) is 2. The van der Waals surface area contributed by atoms with E-state index in [2.05, 4.69) is 36.6 Å². The number of aromatic nitrogens is 2. The molecule has 1 aromatic carbocycles. The van der Waals surface area contributed by atoms with Gasteiger partial charge in [-0.3, -0.25) is 14.4 Å². The molecule has 12 nitrogen and oxygen atoms in total. The first-order valence-electron chi connectivity index (χ1n) is 14.5. The summed E-state index contributed by atoms with van der Waals surface area (Å²) in [5, 5.41) is 6.37. The minimum atomic E-state index is -0.675. The van der Waals surface area contributed by atoms with Crippen LogP contribution in [0, 0.1) is 11.8 Å². The minimum Gasteiger partial charge on any atom is -0.382 e. The summed E-state index contributed by atoms with van der Waals surface area (Å²) in [5.74, 6) is 0.801. The molecule has 2 unspecified atom stereocenters. The van der Waals surface area contributed by atoms with Crippen LogP contribution in [0.4, 0.5) is 11.6 Å². The summed E-state index contributed by atoms with van der Waals surface area (Å²) in [6, 6.07) is 8.02. The second-order valence-electron chi connectivity index (χ2n) is 11.9. The number of amides is 2. The molecule has 222 valence electrons. The molecule has 13 heteroatoms. The van der Waals surface area contributed by atoms with Gasteiger partial charge in [-0.1, -0.05) is 35.9 Å². The standard InChI is InChI=1S/C29H36ClN9O3/c30-24-26(32)35-25(31)23(34-24)27(42)36-28-33-16-29(37-28)7-10-39(11-8-29)22(41)6-3-9-38-14-18-12-17-4-1-2-5-20(17)21(40)13-19(18)15-38/h1-2,4-5,18-19H,3,6-16H2,(H4,31,32,35)(H2,33,36,37,42). The van der Waals surface area contributed by atoms with Crippen LogP contribution >= 0.6 is 11.6 Å². The fraction of sp³-hybridized carbons (Fsp3) is 0.517. The summed E-state index contributed by atoms with van der Waals surface area (Å²) in [5.41, 5.74) is 13.0. The van der Waals surface area contributed by atoms with Gasteiger partial charge in [0.25, 0.3) is 0 Å². The number of rotatable bonds is 5. The third kappa shape index (κ3) is 5.78. The van der Waals surface area contributed by atoms with Crippen LogP contribution in [0.1, 0.15) is 58.5 Å². The van der Waals surface area contributed by atoms with Crippen LogP contribution in [0.25, 0.3) is 0 Å². The molecule has 42 heavy (non-hydrogen) atoms. The molecule has 0 radical (unpaired) electrons. The molecule has 6 N–H and O–H groups in total. The zero-order valence-electron chi connectivity index (χ0n) is 23.4. The SMILES string of the molecule is Nc1nc(N)c(C(=O)/N=C2\NCC3(CCN(C(=O)CCCN4CC5CC(=O)c6ccccc6CC5C4)CC3)N2)nc1Cl. The molecule has 3 fully saturated rings. The van der Waals surface area contributed by atoms with E-state index in [0.29, 0.717) is 50.3 Å². The van der Waals surface area contributed by atoms with E-state index in [-0.39, 0.29) is 39.7 Å². The molecule has 3 aliphatic heterocycles. The second kappa shape index (κ2) is 11.5. The summed E-state index contributed by atoms with van der Waals surface area (Å²) in [6.07, 6.45) is 4.37. The Morgan fingerprint density at radius 1 is 1.07 bits per heavy atom. The first kappa shape index (κ1) is 28.4. The lowest BCUT2D eigenvalue weighted by molar-refractivity contribution is -0.132. The van der Waals surface area contributed by atoms with Crippen molar-refractivity contribution in [3.8, 4) is 0 Å². The van der Waals surface area contributed by atoms with Crippen molar-refractivity contribution in [3.63, 3.8) is 0 Å². The predicted octanol–water partition coefficient (Wildman–Crippen LogP) is 1.50. The number of fused-ring (bicyclic) bond motifs is 2. The third-order valence-corrected chi connectivity index (χ3v) is 9.41. The Hall–Kier alpha value is -3.77. The van der Waals surface area contributed by atoms with Gasteiger partial charge in [0.05, 0.1) is 5.54 Å². The Morgan fingerprint density at radius 2 is 1.81 bits per heavy atom. The highest BCUT2D eigenvalue weighted by Crippen LogP contribution is 2.35. The van der Waals surface area contributed by atoms with E-state index in [1.807, 2.05) is 23.1 Å². The van der Waals surface area contributed by atoms with E-state index in [1.165, 1.54) is 5.56 Å². The summed E-state index contributed by atoms with van der Waals surface area (Å²) in [4.78, 5) is 54.6. The molecule has 2 amide bonds. The Bertz CT molecular complexity index is 1440. The average Bonchev–Trinajstić information content (AvgIpc) is 3.50. The molecule has 0 saturated carbocycles. The van der Waals surface area contributed by atoms with Crippen molar-refractivity contribution in [2.45, 2.75) is 44.1 Å². The molecule has 3 saturated heterocycles. The molecule has 6 rings (SSSR count). The van der Waals surface area contributed by atoms with E-state index >= 15 is 0 Å². The molecule has 1 aromatic heterocycles. The quantitative estimate of drug-likeness (QED) is 0.398. The van der Waals surface area contributed by atoms with Crippen molar-refractivity contribution >= 4 is 46.8 Å². The summed E-state index contributed by atoms with van der Waals surface area (Å²) < 4.78 is 0. The number of likely N-dealkylation sites (tertiary alicyclic amines) is 2. The van der Waals surface area contributed by atoms with Crippen molar-refractivity contribution in [1.82, 2.24) is 30.4 Å². The Morgan fingerprint density at radius 3 is 2.60 bits per heavy atom. The lowest BCUT2D eigenvalue weighted by atomic mass is 9.88. The maximum Gasteiger partial charge on any atom is 0.302 e. The Labute approximate surface area is 249 Å². The Kier molecular flexibility index (Phi) is 7.75. The van der Waals surface area contributed by atoms with Gasteiger partial charge in [-0.15, -0.1) is 0 Å². The van der Waals surface area contributed by atoms with Gasteiger partial charge in [0, 0.05) is 51.1 Å². The topological polar surface area (TPSA) is 172 Å². The molecule has 2 aromatic rings. The van der Waals surface area contributed by atoms with Gasteiger partial charge in [-0.05, 0) is 49.6 Å². The van der Waals surface area contributed by atoms with Gasteiger partial charge in [-0.2, -0.15) is 4.99 Å². The number of nitrogen functional groups attached to an aromatic ring is 2. The van der Waals surface area contributed by atoms with E-state index in [9.17, 15) is 14.4 Å². The highest BCUT2D eigenvalue weighted by Gasteiger charge is 2.41. The lowest BCUT2D eigenvalue weighted by Gasteiger charge is -2.38. The molecule has 4 heterocycles. The number of benzene rings is 1. The van der Waals surface area contributed by atoms with Crippen LogP contribution in [0.2, 0.25) is 5.15 Å². The number of hydrogen-bond donors (Lipinski definition) is 4. The van der Waals surface area contributed by atoms with Gasteiger partial charge >= 0.3 is 5.91 Å². The molecule has 4 aliphatic rings. The maximum atomic E-state index is 13.0. The first-order chi connectivity index (χ1) is 20.2. The number of carbonyl (C=O) groups excluding carboxylic acids is 3. The zero-order valence-corrected chi connectivity index (χ0v) is 24.2. The highest BCUT2D eigenvalue weighted by molar-refractivity contribution is 6.31. The average molecular weight is 594 g/mol. The molecule has 1 spiro atoms. The number of guanidine groups is 1. The van der Waals surface area contributed by atoms with Crippen LogP contribution in [0.5, 0.6) is 0 Å². The van der Waals surface area contributed by atoms with Gasteiger partial charge < -0.3 is 31.9 Å². The minimum absolute atomic E-state index is 0.0518. The number of aliphatic imine (C=N–C) groups is 1. The highest BCUT2D eigenvalue weighted by atomic mass is 35.5. The number of nitrogens with one attached hydrogen (secondary N) is 2. The number of hydrogen-bond acceptors (Lipinski definition) is 8. The van der Waals surface area contributed by atoms with Gasteiger partial charge in [-0.25, -0.2) is 9.97 Å². The van der Waals surface area contributed by atoms with Gasteiger partial charge in [0.15, 0.2) is 34.2 Å². The predicted molar refractivity (Wildman–Crippen MR) is 159 cm³/mol. The molecule has 0 bridgehead atoms. The number of ketones is 1. The number of Topliss-reactive ketones (excluding diaryl/α,β-unsaturated/α-hetero) is 1. The number of carbonyl (C=O) groups is 3. The van der Waals surface area contributed by atoms with Crippen LogP contribution < -0.4 is 22.1 Å². The third-order valence-electron chi connectivity index (χ3n) is 9.14. The van der Waals surface area contributed by atoms with Gasteiger partial charge in [0.2, 0.25) is 5.91 Å². The summed E-state index contributed by atoms with van der Waals surface area (Å²) >= 11 is 5.89. The second-order valence-corrected chi connectivity index (χ2v) is 12.3. The lowest BCUT2D eigenvalue weighted by Crippen LogP contribution is -2.53. The monoisotopic (exact) mass is 593 g/mol. The number of halogens is 1. The molecule has 1 aliphatic carbocycles. The summed E-state index contributed by atoms with van der Waals surface area (Å²) in [6.45, 7) is 4.66. The van der Waals surface area contributed by atoms with Crippen molar-refractivity contribution in [1.29, 1.82) is 0 Å². The molecule has 2 atom stereocenters. The number of piperidine rings is 1. The first-order valence-corrected chi connectivity index (χ1v) is 14.9. The van der Waals surface area contributed by atoms with Crippen LogP contribution in [0.3, 0.4) is 0 Å². The van der Waals surface area contributed by atoms with Crippen molar-refractivity contribution < 1.29 is 14.4 Å². The van der Waals surface area contributed by atoms with Gasteiger partial charge in [0.1, 0.15) is 0 Å².